The molecular weight excluding hydrogens is 302 g/mol. The summed E-state index contributed by atoms with van der Waals surface area (Å²) < 4.78 is 1.68. The Bertz CT molecular complexity index is 764. The Balaban J connectivity index is 1.76. The molecule has 112 valence electrons. The first-order chi connectivity index (χ1) is 10.6. The molecule has 7 heteroatoms. The molecule has 1 saturated heterocycles. The maximum absolute atomic E-state index is 12.4. The van der Waals surface area contributed by atoms with Crippen molar-refractivity contribution < 1.29 is 4.79 Å². The van der Waals surface area contributed by atoms with Crippen molar-refractivity contribution in [1.82, 2.24) is 9.78 Å². The van der Waals surface area contributed by atoms with Crippen LogP contribution in [0.15, 0.2) is 30.6 Å². The molecule has 1 aliphatic rings. The molecule has 22 heavy (non-hydrogen) atoms. The summed E-state index contributed by atoms with van der Waals surface area (Å²) in [5, 5.41) is 13.4. The molecule has 0 unspecified atom stereocenters. The fourth-order valence-corrected chi connectivity index (χ4v) is 2.72. The minimum absolute atomic E-state index is 0.0136. The zero-order chi connectivity index (χ0) is 15.7. The quantitative estimate of drug-likeness (QED) is 0.847. The third-order valence-electron chi connectivity index (χ3n) is 3.66. The number of carbonyl (C=O) groups excluding carboxylic acids is 1. The van der Waals surface area contributed by atoms with E-state index in [0.717, 1.165) is 11.4 Å². The van der Waals surface area contributed by atoms with Crippen LogP contribution in [0.5, 0.6) is 0 Å². The van der Waals surface area contributed by atoms with E-state index in [1.165, 1.54) is 0 Å². The Labute approximate surface area is 133 Å². The van der Waals surface area contributed by atoms with Gasteiger partial charge in [-0.05, 0) is 18.2 Å². The number of anilines is 2. The highest BCUT2D eigenvalue weighted by Crippen LogP contribution is 2.25. The number of nitriles is 1. The van der Waals surface area contributed by atoms with Gasteiger partial charge >= 0.3 is 0 Å². The Morgan fingerprint density at radius 3 is 2.73 bits per heavy atom. The molecule has 2 heterocycles. The van der Waals surface area contributed by atoms with Gasteiger partial charge in [-0.1, -0.05) is 11.6 Å². The van der Waals surface area contributed by atoms with Crippen LogP contribution in [0.1, 0.15) is 5.56 Å². The highest BCUT2D eigenvalue weighted by Gasteiger charge is 2.26. The first kappa shape index (κ1) is 14.4. The summed E-state index contributed by atoms with van der Waals surface area (Å²) in [6.07, 6.45) is 3.51. The van der Waals surface area contributed by atoms with E-state index in [4.69, 9.17) is 16.9 Å². The summed E-state index contributed by atoms with van der Waals surface area (Å²) in [4.78, 5) is 16.0. The number of nitrogens with zero attached hydrogens (tertiary/aromatic N) is 5. The molecule has 1 aliphatic heterocycles. The smallest absolute Gasteiger partial charge is 0.246 e. The van der Waals surface area contributed by atoms with Gasteiger partial charge in [0.05, 0.1) is 29.0 Å². The monoisotopic (exact) mass is 315 g/mol. The van der Waals surface area contributed by atoms with Gasteiger partial charge in [0.2, 0.25) is 5.91 Å². The number of carbonyl (C=O) groups is 1. The van der Waals surface area contributed by atoms with Gasteiger partial charge < -0.3 is 9.80 Å². The van der Waals surface area contributed by atoms with E-state index < -0.39 is 0 Å². The number of hydrogen-bond donors (Lipinski definition) is 0. The largest absolute Gasteiger partial charge is 0.360 e. The maximum atomic E-state index is 12.4. The normalized spacial score (nSPS) is 15.0. The Morgan fingerprint density at radius 1 is 1.32 bits per heavy atom. The Hall–Kier alpha value is -2.52. The molecule has 0 atom stereocenters. The van der Waals surface area contributed by atoms with Crippen molar-refractivity contribution in [2.75, 3.05) is 29.4 Å². The van der Waals surface area contributed by atoms with E-state index in [1.807, 2.05) is 30.3 Å². The molecule has 1 amide bonds. The van der Waals surface area contributed by atoms with E-state index in [-0.39, 0.29) is 12.5 Å². The number of hydrogen-bond acceptors (Lipinski definition) is 4. The van der Waals surface area contributed by atoms with Gasteiger partial charge in [0, 0.05) is 32.0 Å². The second-order valence-electron chi connectivity index (χ2n) is 5.12. The number of rotatable bonds is 2. The lowest BCUT2D eigenvalue weighted by Crippen LogP contribution is -2.50. The highest BCUT2D eigenvalue weighted by molar-refractivity contribution is 6.32. The SMILES string of the molecule is Cn1cc(N2CCN(c3ccc(C#N)c(Cl)c3)CC2=O)cn1. The van der Waals surface area contributed by atoms with E-state index in [9.17, 15) is 4.79 Å². The van der Waals surface area contributed by atoms with Crippen LogP contribution in [-0.4, -0.2) is 35.3 Å². The average Bonchev–Trinajstić information content (AvgIpc) is 2.93. The van der Waals surface area contributed by atoms with Crippen molar-refractivity contribution in [2.24, 2.45) is 7.05 Å². The van der Waals surface area contributed by atoms with Crippen LogP contribution in [0.2, 0.25) is 5.02 Å². The van der Waals surface area contributed by atoms with Crippen LogP contribution in [0, 0.1) is 11.3 Å². The average molecular weight is 316 g/mol. The fourth-order valence-electron chi connectivity index (χ4n) is 2.51. The first-order valence-electron chi connectivity index (χ1n) is 6.82. The standard InChI is InChI=1S/C15H14ClN5O/c1-19-9-13(8-18-19)21-5-4-20(10-15(21)22)12-3-2-11(7-17)14(16)6-12/h2-3,6,8-9H,4-5,10H2,1H3. The molecule has 1 fully saturated rings. The van der Waals surface area contributed by atoms with Gasteiger partial charge in [-0.25, -0.2) is 0 Å². The van der Waals surface area contributed by atoms with Crippen molar-refractivity contribution in [2.45, 2.75) is 0 Å². The molecule has 0 saturated carbocycles. The topological polar surface area (TPSA) is 65.2 Å². The summed E-state index contributed by atoms with van der Waals surface area (Å²) in [7, 11) is 1.82. The van der Waals surface area contributed by atoms with Gasteiger partial charge in [0.15, 0.2) is 0 Å². The van der Waals surface area contributed by atoms with Crippen LogP contribution >= 0.6 is 11.6 Å². The summed E-state index contributed by atoms with van der Waals surface area (Å²) in [5.41, 5.74) is 2.10. The molecule has 2 aromatic rings. The van der Waals surface area contributed by atoms with Crippen molar-refractivity contribution >= 4 is 28.9 Å². The Morgan fingerprint density at radius 2 is 2.14 bits per heavy atom. The van der Waals surface area contributed by atoms with Gasteiger partial charge in [-0.15, -0.1) is 0 Å². The minimum atomic E-state index is 0.0136. The molecule has 6 nitrogen and oxygen atoms in total. The zero-order valence-corrected chi connectivity index (χ0v) is 12.8. The molecule has 0 aliphatic carbocycles. The lowest BCUT2D eigenvalue weighted by Gasteiger charge is -2.35. The van der Waals surface area contributed by atoms with Gasteiger partial charge in [-0.3, -0.25) is 9.48 Å². The number of aromatic nitrogens is 2. The predicted octanol–water partition coefficient (Wildman–Crippen LogP) is 1.80. The highest BCUT2D eigenvalue weighted by atomic mass is 35.5. The molecule has 3 rings (SSSR count). The van der Waals surface area contributed by atoms with Gasteiger partial charge in [0.25, 0.3) is 0 Å². The molecular formula is C15H14ClN5O. The van der Waals surface area contributed by atoms with Crippen LogP contribution < -0.4 is 9.80 Å². The third kappa shape index (κ3) is 2.63. The van der Waals surface area contributed by atoms with Crippen molar-refractivity contribution in [1.29, 1.82) is 5.26 Å². The van der Waals surface area contributed by atoms with E-state index >= 15 is 0 Å². The number of aryl methyl sites for hydroxylation is 1. The predicted molar refractivity (Wildman–Crippen MR) is 83.9 cm³/mol. The lowest BCUT2D eigenvalue weighted by atomic mass is 10.2. The molecule has 1 aromatic heterocycles. The van der Waals surface area contributed by atoms with E-state index in [1.54, 1.807) is 27.9 Å². The van der Waals surface area contributed by atoms with Gasteiger partial charge in [0.1, 0.15) is 6.07 Å². The molecule has 0 spiro atoms. The molecule has 0 N–H and O–H groups in total. The summed E-state index contributed by atoms with van der Waals surface area (Å²) >= 11 is 6.06. The second kappa shape index (κ2) is 5.70. The molecule has 1 aromatic carbocycles. The molecule has 0 bridgehead atoms. The maximum Gasteiger partial charge on any atom is 0.246 e. The van der Waals surface area contributed by atoms with Crippen molar-refractivity contribution in [3.8, 4) is 6.07 Å². The third-order valence-corrected chi connectivity index (χ3v) is 3.97. The van der Waals surface area contributed by atoms with Crippen LogP contribution in [-0.2, 0) is 11.8 Å². The van der Waals surface area contributed by atoms with Crippen LogP contribution in [0.25, 0.3) is 0 Å². The number of piperazine rings is 1. The van der Waals surface area contributed by atoms with Crippen LogP contribution in [0.4, 0.5) is 11.4 Å². The second-order valence-corrected chi connectivity index (χ2v) is 5.52. The summed E-state index contributed by atoms with van der Waals surface area (Å²) in [6, 6.07) is 7.25. The Kier molecular flexibility index (Phi) is 3.73. The minimum Gasteiger partial charge on any atom is -0.360 e. The number of amides is 1. The number of halogens is 1. The summed E-state index contributed by atoms with van der Waals surface area (Å²) in [6.45, 7) is 1.56. The summed E-state index contributed by atoms with van der Waals surface area (Å²) in [5.74, 6) is 0.0136. The number of benzene rings is 1. The van der Waals surface area contributed by atoms with Crippen molar-refractivity contribution in [3.05, 3.63) is 41.2 Å². The van der Waals surface area contributed by atoms with Crippen molar-refractivity contribution in [3.63, 3.8) is 0 Å². The van der Waals surface area contributed by atoms with E-state index in [0.29, 0.717) is 23.7 Å². The van der Waals surface area contributed by atoms with E-state index in [2.05, 4.69) is 5.10 Å². The van der Waals surface area contributed by atoms with Crippen LogP contribution in [0.3, 0.4) is 0 Å². The fraction of sp³-hybridized carbons (Fsp3) is 0.267. The molecule has 0 radical (unpaired) electrons. The first-order valence-corrected chi connectivity index (χ1v) is 7.20. The lowest BCUT2D eigenvalue weighted by molar-refractivity contribution is -0.117. The van der Waals surface area contributed by atoms with Gasteiger partial charge in [-0.2, -0.15) is 10.4 Å². The zero-order valence-electron chi connectivity index (χ0n) is 12.0.